The summed E-state index contributed by atoms with van der Waals surface area (Å²) in [6.07, 6.45) is 5.18. The molecule has 0 radical (unpaired) electrons. The number of anilines is 1. The van der Waals surface area contributed by atoms with Gasteiger partial charge in [-0.3, -0.25) is 4.79 Å². The fraction of sp³-hybridized carbons (Fsp3) is 0. The van der Waals surface area contributed by atoms with Gasteiger partial charge in [-0.2, -0.15) is 0 Å². The van der Waals surface area contributed by atoms with Crippen LogP contribution in [-0.2, 0) is 0 Å². The molecule has 1 amide bonds. The topological polar surface area (TPSA) is 95.1 Å². The van der Waals surface area contributed by atoms with Crippen molar-refractivity contribution in [2.24, 2.45) is 0 Å². The molecule has 0 saturated carbocycles. The fourth-order valence-electron chi connectivity index (χ4n) is 2.25. The molecule has 1 N–H and O–H groups in total. The molecule has 0 saturated heterocycles. The molecule has 0 aliphatic carbocycles. The van der Waals surface area contributed by atoms with Crippen LogP contribution in [0.2, 0.25) is 0 Å². The second kappa shape index (κ2) is 6.89. The van der Waals surface area contributed by atoms with E-state index < -0.39 is 0 Å². The quantitative estimate of drug-likeness (QED) is 0.595. The summed E-state index contributed by atoms with van der Waals surface area (Å²) in [4.78, 5) is 11.9. The summed E-state index contributed by atoms with van der Waals surface area (Å²) in [6.45, 7) is 0. The smallest absolute Gasteiger partial charge is 0.294 e. The van der Waals surface area contributed by atoms with E-state index in [2.05, 4.69) is 20.7 Å². The number of rotatable bonds is 5. The van der Waals surface area contributed by atoms with Gasteiger partial charge in [-0.05, 0) is 42.5 Å². The van der Waals surface area contributed by atoms with Gasteiger partial charge in [-0.25, -0.2) is 0 Å². The van der Waals surface area contributed by atoms with E-state index in [9.17, 15) is 4.79 Å². The lowest BCUT2D eigenvalue weighted by atomic mass is 10.3. The maximum absolute atomic E-state index is 11.9. The number of benzene rings is 1. The van der Waals surface area contributed by atoms with Gasteiger partial charge in [0.15, 0.2) is 5.82 Å². The van der Waals surface area contributed by atoms with E-state index >= 15 is 0 Å². The zero-order valence-corrected chi connectivity index (χ0v) is 13.4. The van der Waals surface area contributed by atoms with E-state index in [-0.39, 0.29) is 11.7 Å². The van der Waals surface area contributed by atoms with E-state index in [1.807, 2.05) is 35.2 Å². The lowest BCUT2D eigenvalue weighted by Gasteiger charge is -2.07. The first-order chi connectivity index (χ1) is 12.8. The largest absolute Gasteiger partial charge is 0.438 e. The monoisotopic (exact) mass is 347 g/mol. The number of nitrogens with one attached hydrogen (secondary N) is 1. The van der Waals surface area contributed by atoms with E-state index in [1.165, 1.54) is 12.3 Å². The van der Waals surface area contributed by atoms with Crippen LogP contribution >= 0.6 is 0 Å². The van der Waals surface area contributed by atoms with Crippen molar-refractivity contribution in [3.8, 4) is 17.4 Å². The number of carbonyl (C=O) groups is 1. The molecule has 1 aromatic carbocycles. The number of hydrogen-bond acceptors (Lipinski definition) is 6. The molecule has 4 rings (SSSR count). The lowest BCUT2D eigenvalue weighted by molar-refractivity contribution is 0.0988. The van der Waals surface area contributed by atoms with Crippen molar-refractivity contribution in [1.29, 1.82) is 0 Å². The van der Waals surface area contributed by atoms with Crippen LogP contribution in [0.25, 0.3) is 5.82 Å². The predicted octanol–water partition coefficient (Wildman–Crippen LogP) is 3.30. The highest BCUT2D eigenvalue weighted by atomic mass is 16.5. The van der Waals surface area contributed by atoms with E-state index in [0.717, 1.165) is 0 Å². The molecule has 128 valence electrons. The maximum atomic E-state index is 11.9. The highest BCUT2D eigenvalue weighted by Gasteiger charge is 2.10. The number of ether oxygens (including phenoxy) is 1. The standard InChI is InChI=1S/C18H13N5O3/c24-18(15-9-10-19-26-15)20-13-3-5-14(6-4-13)25-17-8-7-16(21-22-17)23-11-1-2-12-23/h1-12H,(H,20,24). The molecular formula is C18H13N5O3. The van der Waals surface area contributed by atoms with Crippen molar-refractivity contribution in [2.45, 2.75) is 0 Å². The first kappa shape index (κ1) is 15.6. The molecule has 26 heavy (non-hydrogen) atoms. The van der Waals surface area contributed by atoms with Crippen LogP contribution in [0.1, 0.15) is 10.6 Å². The van der Waals surface area contributed by atoms with Crippen LogP contribution in [0.15, 0.2) is 77.7 Å². The average Bonchev–Trinajstić information content (AvgIpc) is 3.38. The van der Waals surface area contributed by atoms with Crippen LogP contribution in [0, 0.1) is 0 Å². The van der Waals surface area contributed by atoms with Gasteiger partial charge in [0.05, 0.1) is 6.20 Å². The van der Waals surface area contributed by atoms with Gasteiger partial charge in [0.2, 0.25) is 11.6 Å². The molecule has 8 heteroatoms. The molecule has 4 aromatic rings. The van der Waals surface area contributed by atoms with Gasteiger partial charge in [0.25, 0.3) is 5.91 Å². The second-order valence-corrected chi connectivity index (χ2v) is 5.28. The summed E-state index contributed by atoms with van der Waals surface area (Å²) in [6, 6.07) is 15.7. The molecule has 0 aliphatic rings. The number of nitrogens with zero attached hydrogens (tertiary/aromatic N) is 4. The summed E-state index contributed by atoms with van der Waals surface area (Å²) in [5.41, 5.74) is 0.604. The molecular weight excluding hydrogens is 334 g/mol. The maximum Gasteiger partial charge on any atom is 0.294 e. The van der Waals surface area contributed by atoms with Crippen molar-refractivity contribution in [2.75, 3.05) is 5.32 Å². The van der Waals surface area contributed by atoms with E-state index in [4.69, 9.17) is 9.26 Å². The normalized spacial score (nSPS) is 10.5. The third-order valence-electron chi connectivity index (χ3n) is 3.49. The van der Waals surface area contributed by atoms with Gasteiger partial charge in [-0.15, -0.1) is 10.2 Å². The predicted molar refractivity (Wildman–Crippen MR) is 92.3 cm³/mol. The summed E-state index contributed by atoms with van der Waals surface area (Å²) in [5, 5.41) is 14.4. The third-order valence-corrected chi connectivity index (χ3v) is 3.49. The zero-order valence-electron chi connectivity index (χ0n) is 13.4. The Labute approximate surface area is 148 Å². The second-order valence-electron chi connectivity index (χ2n) is 5.28. The Bertz CT molecular complexity index is 979. The Morgan fingerprint density at radius 3 is 2.46 bits per heavy atom. The van der Waals surface area contributed by atoms with Crippen molar-refractivity contribution in [3.05, 3.63) is 78.9 Å². The van der Waals surface area contributed by atoms with Crippen molar-refractivity contribution in [1.82, 2.24) is 19.9 Å². The molecule has 3 aromatic heterocycles. The Balaban J connectivity index is 1.40. The Hall–Kier alpha value is -3.94. The first-order valence-corrected chi connectivity index (χ1v) is 7.75. The molecule has 0 aliphatic heterocycles. The minimum Gasteiger partial charge on any atom is -0.438 e. The zero-order chi connectivity index (χ0) is 17.8. The van der Waals surface area contributed by atoms with Gasteiger partial charge >= 0.3 is 0 Å². The van der Waals surface area contributed by atoms with E-state index in [1.54, 1.807) is 30.3 Å². The fourth-order valence-corrected chi connectivity index (χ4v) is 2.25. The van der Waals surface area contributed by atoms with Crippen LogP contribution in [-0.4, -0.2) is 25.8 Å². The minimum atomic E-state index is -0.373. The number of carbonyl (C=O) groups excluding carboxylic acids is 1. The highest BCUT2D eigenvalue weighted by Crippen LogP contribution is 2.21. The Morgan fingerprint density at radius 1 is 1.00 bits per heavy atom. The van der Waals surface area contributed by atoms with Gasteiger partial charge in [-0.1, -0.05) is 5.16 Å². The minimum absolute atomic E-state index is 0.142. The third kappa shape index (κ3) is 3.44. The summed E-state index contributed by atoms with van der Waals surface area (Å²) >= 11 is 0. The summed E-state index contributed by atoms with van der Waals surface area (Å²) in [5.74, 6) is 1.42. The van der Waals surface area contributed by atoms with Crippen LogP contribution in [0.3, 0.4) is 0 Å². The first-order valence-electron chi connectivity index (χ1n) is 7.75. The average molecular weight is 347 g/mol. The number of aromatic nitrogens is 4. The summed E-state index contributed by atoms with van der Waals surface area (Å²) < 4.78 is 12.3. The highest BCUT2D eigenvalue weighted by molar-refractivity contribution is 6.02. The lowest BCUT2D eigenvalue weighted by Crippen LogP contribution is -2.10. The molecule has 0 unspecified atom stereocenters. The van der Waals surface area contributed by atoms with Gasteiger partial charge in [0, 0.05) is 30.2 Å². The van der Waals surface area contributed by atoms with Crippen molar-refractivity contribution < 1.29 is 14.1 Å². The Kier molecular flexibility index (Phi) is 4.13. The van der Waals surface area contributed by atoms with Crippen LogP contribution < -0.4 is 10.1 Å². The number of amides is 1. The van der Waals surface area contributed by atoms with Crippen molar-refractivity contribution >= 4 is 11.6 Å². The molecule has 3 heterocycles. The van der Waals surface area contributed by atoms with Crippen LogP contribution in [0.5, 0.6) is 11.6 Å². The van der Waals surface area contributed by atoms with E-state index in [0.29, 0.717) is 23.1 Å². The Morgan fingerprint density at radius 2 is 1.81 bits per heavy atom. The summed E-state index contributed by atoms with van der Waals surface area (Å²) in [7, 11) is 0. The molecule has 0 fully saturated rings. The molecule has 8 nitrogen and oxygen atoms in total. The van der Waals surface area contributed by atoms with Crippen LogP contribution in [0.4, 0.5) is 5.69 Å². The van der Waals surface area contributed by atoms with Crippen molar-refractivity contribution in [3.63, 3.8) is 0 Å². The number of hydrogen-bond donors (Lipinski definition) is 1. The SMILES string of the molecule is O=C(Nc1ccc(Oc2ccc(-n3cccc3)nn2)cc1)c1ccno1. The molecule has 0 spiro atoms. The van der Waals surface area contributed by atoms with Gasteiger partial charge in [0.1, 0.15) is 5.75 Å². The molecule has 0 bridgehead atoms. The molecule has 0 atom stereocenters. The van der Waals surface area contributed by atoms with Gasteiger partial charge < -0.3 is 19.1 Å².